The van der Waals surface area contributed by atoms with Gasteiger partial charge >= 0.3 is 35.8 Å². The first kappa shape index (κ1) is 75.8. The summed E-state index contributed by atoms with van der Waals surface area (Å²) in [4.78, 5) is 75.6. The van der Waals surface area contributed by atoms with Crippen molar-refractivity contribution in [1.82, 2.24) is 0 Å². The Morgan fingerprint density at radius 2 is 0.741 bits per heavy atom. The predicted molar refractivity (Wildman–Crippen MR) is 328 cm³/mol. The van der Waals surface area contributed by atoms with Crippen LogP contribution in [0.5, 0.6) is 0 Å². The van der Waals surface area contributed by atoms with Gasteiger partial charge in [-0.2, -0.15) is 0 Å². The van der Waals surface area contributed by atoms with Crippen LogP contribution in [-0.4, -0.2) is 70.9 Å². The Morgan fingerprint density at radius 1 is 0.432 bits per heavy atom. The Labute approximate surface area is 496 Å². The molecular formula is C69H126O12. The fraction of sp³-hybridized carbons (Fsp3) is 0.913. The average molecular weight is 1150 g/mol. The van der Waals surface area contributed by atoms with Crippen molar-refractivity contribution in [3.05, 3.63) is 0 Å². The van der Waals surface area contributed by atoms with Gasteiger partial charge in [0.2, 0.25) is 0 Å². The van der Waals surface area contributed by atoms with Crippen molar-refractivity contribution in [2.24, 2.45) is 70.0 Å². The number of carbonyl (C=O) groups is 6. The topological polar surface area (TPSA) is 158 Å². The van der Waals surface area contributed by atoms with Gasteiger partial charge in [-0.3, -0.25) is 28.8 Å². The summed E-state index contributed by atoms with van der Waals surface area (Å²) < 4.78 is 35.5. The lowest BCUT2D eigenvalue weighted by atomic mass is 9.81. The third-order valence-corrected chi connectivity index (χ3v) is 21.1. The van der Waals surface area contributed by atoms with Crippen molar-refractivity contribution in [2.75, 3.05) is 0 Å². The molecule has 0 saturated heterocycles. The van der Waals surface area contributed by atoms with Crippen molar-refractivity contribution in [2.45, 2.75) is 336 Å². The smallest absolute Gasteiger partial charge is 0.311 e. The minimum atomic E-state index is -0.452. The molecule has 9 aliphatic rings. The molecule has 0 radical (unpaired) electrons. The Morgan fingerprint density at radius 3 is 1.04 bits per heavy atom. The zero-order chi connectivity index (χ0) is 54.5. The summed E-state index contributed by atoms with van der Waals surface area (Å²) in [6, 6.07) is 0. The van der Waals surface area contributed by atoms with Crippen LogP contribution in [0.3, 0.4) is 0 Å². The van der Waals surface area contributed by atoms with E-state index in [1.165, 1.54) is 19.3 Å². The summed E-state index contributed by atoms with van der Waals surface area (Å²) in [5, 5.41) is 0. The van der Waals surface area contributed by atoms with Gasteiger partial charge in [0, 0.05) is 17.8 Å². The van der Waals surface area contributed by atoms with Gasteiger partial charge in [-0.25, -0.2) is 0 Å². The van der Waals surface area contributed by atoms with E-state index in [-0.39, 0.29) is 157 Å². The normalized spacial score (nSPS) is 31.6. The van der Waals surface area contributed by atoms with Gasteiger partial charge in [0.25, 0.3) is 0 Å². The van der Waals surface area contributed by atoms with Crippen molar-refractivity contribution >= 4 is 35.8 Å². The second-order valence-corrected chi connectivity index (χ2v) is 27.6. The molecule has 13 atom stereocenters. The molecule has 9 rings (SSSR count). The van der Waals surface area contributed by atoms with Gasteiger partial charge in [0.1, 0.15) is 35.1 Å². The third kappa shape index (κ3) is 18.4. The maximum atomic E-state index is 13.0. The van der Waals surface area contributed by atoms with E-state index in [9.17, 15) is 28.8 Å². The first-order valence-electron chi connectivity index (χ1n) is 30.8. The Kier molecular flexibility index (Phi) is 29.8. The van der Waals surface area contributed by atoms with E-state index in [4.69, 9.17) is 28.4 Å². The van der Waals surface area contributed by atoms with E-state index in [0.29, 0.717) is 17.8 Å². The zero-order valence-electron chi connectivity index (χ0n) is 48.7. The largest absolute Gasteiger partial charge is 0.462 e. The quantitative estimate of drug-likeness (QED) is 0.107. The minimum Gasteiger partial charge on any atom is -0.462 e. The molecule has 81 heavy (non-hydrogen) atoms. The van der Waals surface area contributed by atoms with Crippen LogP contribution in [-0.2, 0) is 57.2 Å². The van der Waals surface area contributed by atoms with Crippen LogP contribution < -0.4 is 0 Å². The number of rotatable bonds is 16. The van der Waals surface area contributed by atoms with Crippen LogP contribution in [0.4, 0.5) is 0 Å². The molecule has 12 heteroatoms. The number of fused-ring (bicyclic) bond motifs is 6. The molecule has 0 aromatic heterocycles. The average Bonchev–Trinajstić information content (AvgIpc) is 4.33. The lowest BCUT2D eigenvalue weighted by Gasteiger charge is -2.38. The molecule has 9 fully saturated rings. The molecule has 0 heterocycles. The SMILES string of the molecule is C.C.C.C.C.C.CCC(C)(C)C(=O)OC1CC2CC(C(=O)OC3(C)CCCCC3)C1C2.CCC(C)C(=O)OC1CC2CC(C(=O)OC3(C)CCCCC3)C1C2.CCC1(OC(=O)C2CC3CC(OC(=O)C(C)(C)CC)C2C3)CCCCC1. The third-order valence-electron chi connectivity index (χ3n) is 21.1. The van der Waals surface area contributed by atoms with E-state index in [0.717, 1.165) is 161 Å². The molecule has 0 N–H and O–H groups in total. The molecule has 0 spiro atoms. The maximum absolute atomic E-state index is 13.0. The van der Waals surface area contributed by atoms with E-state index in [1.807, 2.05) is 55.4 Å². The van der Waals surface area contributed by atoms with Crippen LogP contribution in [0.1, 0.15) is 301 Å². The highest BCUT2D eigenvalue weighted by Gasteiger charge is 2.56. The predicted octanol–water partition coefficient (Wildman–Crippen LogP) is 17.8. The summed E-state index contributed by atoms with van der Waals surface area (Å²) in [7, 11) is 0. The zero-order valence-corrected chi connectivity index (χ0v) is 48.7. The highest BCUT2D eigenvalue weighted by molar-refractivity contribution is 5.78. The molecule has 0 aliphatic heterocycles. The van der Waals surface area contributed by atoms with E-state index < -0.39 is 10.8 Å². The fourth-order valence-electron chi connectivity index (χ4n) is 14.8. The minimum absolute atomic E-state index is 0. The lowest BCUT2D eigenvalue weighted by Crippen LogP contribution is -2.42. The number of esters is 6. The van der Waals surface area contributed by atoms with Crippen LogP contribution in [0.25, 0.3) is 0 Å². The van der Waals surface area contributed by atoms with E-state index in [2.05, 4.69) is 20.8 Å². The Bertz CT molecular complexity index is 1970. The number of hydrogen-bond acceptors (Lipinski definition) is 12. The van der Waals surface area contributed by atoms with Crippen LogP contribution >= 0.6 is 0 Å². The molecule has 0 amide bonds. The van der Waals surface area contributed by atoms with Gasteiger partial charge in [-0.05, 0) is 220 Å². The highest BCUT2D eigenvalue weighted by Crippen LogP contribution is 2.54. The van der Waals surface area contributed by atoms with Gasteiger partial charge in [-0.1, -0.05) is 98.4 Å². The summed E-state index contributed by atoms with van der Waals surface area (Å²) in [5.74, 6) is 1.22. The monoisotopic (exact) mass is 1150 g/mol. The van der Waals surface area contributed by atoms with Crippen molar-refractivity contribution in [3.8, 4) is 0 Å². The second kappa shape index (κ2) is 31.8. The summed E-state index contributed by atoms with van der Waals surface area (Å²) in [5.41, 5.74) is -1.71. The first-order valence-corrected chi connectivity index (χ1v) is 30.8. The summed E-state index contributed by atoms with van der Waals surface area (Å²) >= 11 is 0. The van der Waals surface area contributed by atoms with Crippen molar-refractivity contribution in [3.63, 3.8) is 0 Å². The van der Waals surface area contributed by atoms with Gasteiger partial charge in [0.05, 0.1) is 34.5 Å². The molecule has 0 aromatic rings. The van der Waals surface area contributed by atoms with Crippen LogP contribution in [0, 0.1) is 70.0 Å². The highest BCUT2D eigenvalue weighted by atomic mass is 16.6. The van der Waals surface area contributed by atoms with Crippen molar-refractivity contribution in [1.29, 1.82) is 0 Å². The van der Waals surface area contributed by atoms with Crippen LogP contribution in [0.15, 0.2) is 0 Å². The van der Waals surface area contributed by atoms with E-state index in [1.54, 1.807) is 0 Å². The number of carbonyl (C=O) groups excluding carboxylic acids is 6. The molecule has 12 nitrogen and oxygen atoms in total. The van der Waals surface area contributed by atoms with Gasteiger partial charge in [-0.15, -0.1) is 0 Å². The number of ether oxygens (including phenoxy) is 6. The maximum Gasteiger partial charge on any atom is 0.311 e. The summed E-state index contributed by atoms with van der Waals surface area (Å²) in [6.07, 6.45) is 28.0. The molecular weight excluding hydrogens is 1020 g/mol. The standard InChI is InChI=1S/C22H36O4.C21H34O4.C20H32O4.6CH4/c1-5-21(3,4)20(24)25-18-14-15-12-16(18)17(13-15)19(23)26-22(6-2)10-8-7-9-11-22;1-5-20(2,3)19(23)24-17-13-14-11-15(17)16(12-14)18(22)25-21(4)9-7-6-8-10-21;1-4-13(2)18(21)23-17-12-14-10-15(17)16(11-14)19(22)24-20(3)8-6-5-7-9-20;;;;;;/h15-18H,5-14H2,1-4H3;14-17H,5-13H2,1-4H3;13-17H,4-12H2,1-3H3;6*1H4. The molecule has 474 valence electrons. The van der Waals surface area contributed by atoms with E-state index >= 15 is 0 Å². The molecule has 9 aliphatic carbocycles. The van der Waals surface area contributed by atoms with Gasteiger partial charge < -0.3 is 28.4 Å². The Balaban J connectivity index is 0.000000586. The van der Waals surface area contributed by atoms with Gasteiger partial charge in [0.15, 0.2) is 0 Å². The van der Waals surface area contributed by atoms with Crippen molar-refractivity contribution < 1.29 is 57.2 Å². The molecule has 0 aromatic carbocycles. The fourth-order valence-corrected chi connectivity index (χ4v) is 14.8. The molecule has 9 saturated carbocycles. The molecule has 6 bridgehead atoms. The summed E-state index contributed by atoms with van der Waals surface area (Å²) in [6.45, 7) is 21.9. The number of hydrogen-bond donors (Lipinski definition) is 0. The van der Waals surface area contributed by atoms with Crippen LogP contribution in [0.2, 0.25) is 0 Å². The second-order valence-electron chi connectivity index (χ2n) is 27.6. The lowest BCUT2D eigenvalue weighted by molar-refractivity contribution is -0.177. The Hall–Kier alpha value is -3.18. The first-order chi connectivity index (χ1) is 35.5. The molecule has 13 unspecified atom stereocenters.